The van der Waals surface area contributed by atoms with Gasteiger partial charge < -0.3 is 44.0 Å². The van der Waals surface area contributed by atoms with Gasteiger partial charge in [0.25, 0.3) is 0 Å². The molecule has 1 saturated heterocycles. The monoisotopic (exact) mass is 535 g/mol. The van der Waals surface area contributed by atoms with Gasteiger partial charge in [-0.25, -0.2) is 0 Å². The Hall–Kier alpha value is -2.32. The number of aliphatic hydroxyl groups is 2. The van der Waals surface area contributed by atoms with E-state index in [2.05, 4.69) is 5.32 Å². The van der Waals surface area contributed by atoms with Gasteiger partial charge in [0, 0.05) is 40.9 Å². The number of amides is 1. The molecule has 0 aliphatic carbocycles. The fourth-order valence-electron chi connectivity index (χ4n) is 3.74. The van der Waals surface area contributed by atoms with Crippen molar-refractivity contribution < 1.29 is 57.8 Å². The molecular formula is C24H41NO12. The second-order valence-electron chi connectivity index (χ2n) is 8.77. The molecule has 0 radical (unpaired) electrons. The van der Waals surface area contributed by atoms with Gasteiger partial charge in [0.15, 0.2) is 18.5 Å². The zero-order valence-electron chi connectivity index (χ0n) is 22.0. The Labute approximate surface area is 217 Å². The molecule has 1 aliphatic rings. The highest BCUT2D eigenvalue weighted by atomic mass is 16.7. The molecule has 1 heterocycles. The maximum Gasteiger partial charge on any atom is 0.303 e. The SMILES string of the molecule is CC(=O)N[C@H]1[C@H](OCCCCCCCOC[C@@H](O)CO)O[C@H](COC(C)=O)[C@H](OC(C)=O)[C@@H]1OC(C)=O. The molecule has 0 spiro atoms. The first-order valence-electron chi connectivity index (χ1n) is 12.4. The highest BCUT2D eigenvalue weighted by Crippen LogP contribution is 2.28. The van der Waals surface area contributed by atoms with Gasteiger partial charge >= 0.3 is 17.9 Å². The lowest BCUT2D eigenvalue weighted by Gasteiger charge is -2.44. The van der Waals surface area contributed by atoms with Crippen LogP contribution in [0.1, 0.15) is 59.8 Å². The van der Waals surface area contributed by atoms with E-state index in [0.717, 1.165) is 25.7 Å². The molecule has 13 heteroatoms. The van der Waals surface area contributed by atoms with Crippen molar-refractivity contribution in [3.63, 3.8) is 0 Å². The summed E-state index contributed by atoms with van der Waals surface area (Å²) >= 11 is 0. The van der Waals surface area contributed by atoms with Crippen molar-refractivity contribution in [1.29, 1.82) is 0 Å². The van der Waals surface area contributed by atoms with Crippen LogP contribution in [0.2, 0.25) is 0 Å². The Morgan fingerprint density at radius 2 is 1.46 bits per heavy atom. The van der Waals surface area contributed by atoms with E-state index in [0.29, 0.717) is 13.0 Å². The average molecular weight is 536 g/mol. The van der Waals surface area contributed by atoms with Gasteiger partial charge in [-0.1, -0.05) is 19.3 Å². The van der Waals surface area contributed by atoms with Crippen molar-refractivity contribution in [3.8, 4) is 0 Å². The summed E-state index contributed by atoms with van der Waals surface area (Å²) in [5, 5.41) is 20.6. The fourth-order valence-corrected chi connectivity index (χ4v) is 3.74. The standard InChI is InChI=1S/C24H41NO12/c1-15(27)25-21-23(36-18(4)30)22(35-17(3)29)20(14-34-16(2)28)37-24(21)33-11-9-7-5-6-8-10-32-13-19(31)12-26/h19-24,26,31H,5-14H2,1-4H3,(H,25,27)/t19-,20+,21+,22-,23+,24+/m0/s1. The summed E-state index contributed by atoms with van der Waals surface area (Å²) in [6.45, 7) is 5.10. The molecule has 1 fully saturated rings. The number of hydrogen-bond acceptors (Lipinski definition) is 12. The first-order chi connectivity index (χ1) is 17.5. The lowest BCUT2D eigenvalue weighted by Crippen LogP contribution is -2.66. The van der Waals surface area contributed by atoms with Crippen molar-refractivity contribution in [2.45, 2.75) is 96.5 Å². The normalized spacial score (nSPS) is 24.1. The number of nitrogens with one attached hydrogen (secondary N) is 1. The number of carbonyl (C=O) groups is 4. The second-order valence-corrected chi connectivity index (χ2v) is 8.77. The van der Waals surface area contributed by atoms with Gasteiger partial charge in [-0.15, -0.1) is 0 Å². The zero-order chi connectivity index (χ0) is 27.8. The van der Waals surface area contributed by atoms with Crippen LogP contribution >= 0.6 is 0 Å². The molecule has 0 aromatic carbocycles. The molecule has 1 rings (SSSR count). The number of aliphatic hydroxyl groups excluding tert-OH is 2. The largest absolute Gasteiger partial charge is 0.463 e. The van der Waals surface area contributed by atoms with Crippen LogP contribution in [-0.2, 0) is 47.6 Å². The smallest absolute Gasteiger partial charge is 0.303 e. The Bertz CT molecular complexity index is 718. The van der Waals surface area contributed by atoms with E-state index in [1.54, 1.807) is 0 Å². The van der Waals surface area contributed by atoms with Gasteiger partial charge in [0.1, 0.15) is 24.9 Å². The quantitative estimate of drug-likeness (QED) is 0.129. The van der Waals surface area contributed by atoms with Crippen molar-refractivity contribution in [2.75, 3.05) is 33.0 Å². The van der Waals surface area contributed by atoms with Crippen LogP contribution in [0.3, 0.4) is 0 Å². The summed E-state index contributed by atoms with van der Waals surface area (Å²) in [7, 11) is 0. The van der Waals surface area contributed by atoms with Crippen molar-refractivity contribution >= 4 is 23.8 Å². The van der Waals surface area contributed by atoms with Crippen molar-refractivity contribution in [1.82, 2.24) is 5.32 Å². The van der Waals surface area contributed by atoms with E-state index in [-0.39, 0.29) is 26.4 Å². The molecule has 1 aliphatic heterocycles. The number of esters is 3. The second kappa shape index (κ2) is 18.0. The summed E-state index contributed by atoms with van der Waals surface area (Å²) in [4.78, 5) is 46.9. The van der Waals surface area contributed by atoms with Gasteiger partial charge in [-0.05, 0) is 12.8 Å². The number of carbonyl (C=O) groups excluding carboxylic acids is 4. The number of unbranched alkanes of at least 4 members (excludes halogenated alkanes) is 4. The molecule has 0 unspecified atom stereocenters. The molecule has 13 nitrogen and oxygen atoms in total. The molecule has 1 amide bonds. The van der Waals surface area contributed by atoms with Gasteiger partial charge in [0.2, 0.25) is 5.91 Å². The summed E-state index contributed by atoms with van der Waals surface area (Å²) in [5.74, 6) is -2.35. The third kappa shape index (κ3) is 13.7. The number of ether oxygens (including phenoxy) is 6. The number of rotatable bonds is 17. The van der Waals surface area contributed by atoms with Crippen LogP contribution in [0, 0.1) is 0 Å². The summed E-state index contributed by atoms with van der Waals surface area (Å²) in [6.07, 6.45) is -1.07. The predicted molar refractivity (Wildman–Crippen MR) is 127 cm³/mol. The van der Waals surface area contributed by atoms with Crippen LogP contribution < -0.4 is 5.32 Å². The molecule has 0 aromatic rings. The molecule has 214 valence electrons. The highest BCUT2D eigenvalue weighted by Gasteiger charge is 2.51. The first kappa shape index (κ1) is 32.7. The molecule has 6 atom stereocenters. The molecule has 0 saturated carbocycles. The Balaban J connectivity index is 2.74. The third-order valence-electron chi connectivity index (χ3n) is 5.31. The minimum absolute atomic E-state index is 0.103. The van der Waals surface area contributed by atoms with E-state index < -0.39 is 60.6 Å². The maximum atomic E-state index is 11.9. The summed E-state index contributed by atoms with van der Waals surface area (Å²) in [6, 6.07) is -0.981. The van der Waals surface area contributed by atoms with Crippen LogP contribution in [0.25, 0.3) is 0 Å². The van der Waals surface area contributed by atoms with Crippen LogP contribution in [-0.4, -0.2) is 104 Å². The third-order valence-corrected chi connectivity index (χ3v) is 5.31. The summed E-state index contributed by atoms with van der Waals surface area (Å²) < 4.78 is 32.9. The molecule has 0 aromatic heterocycles. The van der Waals surface area contributed by atoms with Crippen molar-refractivity contribution in [2.24, 2.45) is 0 Å². The average Bonchev–Trinajstić information content (AvgIpc) is 2.81. The van der Waals surface area contributed by atoms with Gasteiger partial charge in [-0.3, -0.25) is 19.2 Å². The predicted octanol–water partition coefficient (Wildman–Crippen LogP) is -0.0206. The first-order valence-corrected chi connectivity index (χ1v) is 12.4. The number of hydrogen-bond donors (Lipinski definition) is 3. The maximum absolute atomic E-state index is 11.9. The van der Waals surface area contributed by atoms with E-state index in [4.69, 9.17) is 33.5 Å². The van der Waals surface area contributed by atoms with E-state index in [1.165, 1.54) is 27.7 Å². The Kier molecular flexibility index (Phi) is 15.9. The summed E-state index contributed by atoms with van der Waals surface area (Å²) in [5.41, 5.74) is 0. The molecular weight excluding hydrogens is 494 g/mol. The zero-order valence-corrected chi connectivity index (χ0v) is 22.0. The van der Waals surface area contributed by atoms with E-state index in [1.807, 2.05) is 0 Å². The molecule has 37 heavy (non-hydrogen) atoms. The van der Waals surface area contributed by atoms with Gasteiger partial charge in [-0.2, -0.15) is 0 Å². The van der Waals surface area contributed by atoms with Crippen LogP contribution in [0.4, 0.5) is 0 Å². The highest BCUT2D eigenvalue weighted by molar-refractivity contribution is 5.73. The lowest BCUT2D eigenvalue weighted by atomic mass is 9.96. The minimum atomic E-state index is -1.15. The Morgan fingerprint density at radius 3 is 2.03 bits per heavy atom. The minimum Gasteiger partial charge on any atom is -0.463 e. The van der Waals surface area contributed by atoms with Crippen LogP contribution in [0.5, 0.6) is 0 Å². The molecule has 0 bridgehead atoms. The molecule has 3 N–H and O–H groups in total. The van der Waals surface area contributed by atoms with Crippen LogP contribution in [0.15, 0.2) is 0 Å². The fraction of sp³-hybridized carbons (Fsp3) is 0.833. The van der Waals surface area contributed by atoms with E-state index in [9.17, 15) is 24.3 Å². The van der Waals surface area contributed by atoms with E-state index >= 15 is 0 Å². The lowest BCUT2D eigenvalue weighted by molar-refractivity contribution is -0.277. The Morgan fingerprint density at radius 1 is 0.865 bits per heavy atom. The van der Waals surface area contributed by atoms with Gasteiger partial charge in [0.05, 0.1) is 13.2 Å². The van der Waals surface area contributed by atoms with Crippen molar-refractivity contribution in [3.05, 3.63) is 0 Å². The topological polar surface area (TPSA) is 176 Å².